The van der Waals surface area contributed by atoms with Crippen LogP contribution in [0.5, 0.6) is 0 Å². The van der Waals surface area contributed by atoms with Gasteiger partial charge in [0.05, 0.1) is 12.6 Å². The molecule has 118 valence electrons. The van der Waals surface area contributed by atoms with Gasteiger partial charge >= 0.3 is 12.4 Å². The lowest BCUT2D eigenvalue weighted by molar-refractivity contribution is -0.274. The number of benzene rings is 1. The number of alkyl halides is 6. The Kier molecular flexibility index (Phi) is 5.21. The molecule has 0 unspecified atom stereocenters. The van der Waals surface area contributed by atoms with E-state index in [4.69, 9.17) is 5.11 Å². The summed E-state index contributed by atoms with van der Waals surface area (Å²) in [5, 5.41) is 10.6. The summed E-state index contributed by atoms with van der Waals surface area (Å²) in [6, 6.07) is 5.86. The van der Waals surface area contributed by atoms with Gasteiger partial charge in [-0.3, -0.25) is 4.79 Å². The topological polar surface area (TPSA) is 49.3 Å². The van der Waals surface area contributed by atoms with E-state index in [2.05, 4.69) is 0 Å². The summed E-state index contributed by atoms with van der Waals surface area (Å²) in [6.45, 7) is -0.835. The number of nitrogens with one attached hydrogen (secondary N) is 1. The summed E-state index contributed by atoms with van der Waals surface area (Å²) in [7, 11) is 0. The molecule has 0 aliphatic rings. The van der Waals surface area contributed by atoms with E-state index in [-0.39, 0.29) is 5.56 Å². The van der Waals surface area contributed by atoms with Crippen molar-refractivity contribution in [1.82, 2.24) is 5.32 Å². The lowest BCUT2D eigenvalue weighted by Gasteiger charge is -2.25. The van der Waals surface area contributed by atoms with Crippen molar-refractivity contribution in [1.29, 1.82) is 0 Å². The summed E-state index contributed by atoms with van der Waals surface area (Å²) in [5.74, 6) is -6.39. The number of aliphatic hydroxyl groups is 1. The number of halogens is 6. The van der Waals surface area contributed by atoms with E-state index in [1.807, 2.05) is 0 Å². The van der Waals surface area contributed by atoms with Crippen molar-refractivity contribution in [3.05, 3.63) is 35.9 Å². The van der Waals surface area contributed by atoms with Gasteiger partial charge in [0.1, 0.15) is 0 Å². The van der Waals surface area contributed by atoms with Crippen molar-refractivity contribution in [2.45, 2.75) is 18.4 Å². The van der Waals surface area contributed by atoms with Crippen molar-refractivity contribution in [2.24, 2.45) is 5.92 Å². The maximum Gasteiger partial charge on any atom is 0.409 e. The molecule has 1 amide bonds. The van der Waals surface area contributed by atoms with Crippen molar-refractivity contribution >= 4 is 5.91 Å². The third-order valence-corrected chi connectivity index (χ3v) is 2.62. The van der Waals surface area contributed by atoms with Crippen LogP contribution in [0.25, 0.3) is 0 Å². The summed E-state index contributed by atoms with van der Waals surface area (Å²) in [4.78, 5) is 11.3. The first-order chi connectivity index (χ1) is 9.57. The number of hydrogen-bond acceptors (Lipinski definition) is 2. The molecule has 0 radical (unpaired) electrons. The van der Waals surface area contributed by atoms with E-state index in [0.29, 0.717) is 0 Å². The Hall–Kier alpha value is -1.77. The zero-order valence-corrected chi connectivity index (χ0v) is 10.4. The molecule has 0 aliphatic carbocycles. The molecule has 0 spiro atoms. The molecule has 21 heavy (non-hydrogen) atoms. The minimum absolute atomic E-state index is 0.191. The van der Waals surface area contributed by atoms with Gasteiger partial charge in [-0.25, -0.2) is 0 Å². The Morgan fingerprint density at radius 2 is 1.52 bits per heavy atom. The quantitative estimate of drug-likeness (QED) is 0.839. The second-order valence-electron chi connectivity index (χ2n) is 4.17. The fraction of sp³-hybridized carbons (Fsp3) is 0.417. The highest BCUT2D eigenvalue weighted by atomic mass is 19.4. The van der Waals surface area contributed by atoms with Gasteiger partial charge in [0, 0.05) is 0 Å². The van der Waals surface area contributed by atoms with Gasteiger partial charge in [-0.2, -0.15) is 26.3 Å². The molecule has 1 aromatic carbocycles. The van der Waals surface area contributed by atoms with E-state index in [1.165, 1.54) is 24.3 Å². The van der Waals surface area contributed by atoms with Crippen LogP contribution in [-0.4, -0.2) is 30.0 Å². The monoisotopic (exact) mass is 315 g/mol. The van der Waals surface area contributed by atoms with Crippen LogP contribution in [-0.2, 0) is 4.79 Å². The molecule has 0 aromatic heterocycles. The summed E-state index contributed by atoms with van der Waals surface area (Å²) in [5.41, 5.74) is 0.191. The van der Waals surface area contributed by atoms with Gasteiger partial charge in [0.25, 0.3) is 0 Å². The van der Waals surface area contributed by atoms with Crippen LogP contribution in [0, 0.1) is 5.92 Å². The van der Waals surface area contributed by atoms with Gasteiger partial charge < -0.3 is 10.4 Å². The SMILES string of the molecule is O=C(N[C@@H](CO)c1ccccc1)C(C(F)(F)F)C(F)(F)F. The fourth-order valence-electron chi connectivity index (χ4n) is 1.66. The van der Waals surface area contributed by atoms with Gasteiger partial charge in [0.2, 0.25) is 11.8 Å². The van der Waals surface area contributed by atoms with Crippen LogP contribution in [0.2, 0.25) is 0 Å². The second-order valence-corrected chi connectivity index (χ2v) is 4.17. The molecule has 0 saturated carbocycles. The largest absolute Gasteiger partial charge is 0.409 e. The molecule has 2 N–H and O–H groups in total. The molecule has 9 heteroatoms. The van der Waals surface area contributed by atoms with Gasteiger partial charge in [0.15, 0.2) is 0 Å². The number of carbonyl (C=O) groups is 1. The number of aliphatic hydroxyl groups excluding tert-OH is 1. The molecule has 1 rings (SSSR count). The molecule has 0 saturated heterocycles. The van der Waals surface area contributed by atoms with E-state index < -0.39 is 36.8 Å². The number of hydrogen-bond donors (Lipinski definition) is 2. The lowest BCUT2D eigenvalue weighted by Crippen LogP contribution is -2.49. The zero-order chi connectivity index (χ0) is 16.3. The molecule has 1 atom stereocenters. The Balaban J connectivity index is 2.96. The van der Waals surface area contributed by atoms with Crippen LogP contribution in [0.1, 0.15) is 11.6 Å². The molecule has 0 heterocycles. The molecule has 0 aliphatic heterocycles. The first-order valence-corrected chi connectivity index (χ1v) is 5.67. The predicted octanol–water partition coefficient (Wildman–Crippen LogP) is 2.58. The predicted molar refractivity (Wildman–Crippen MR) is 60.0 cm³/mol. The maximum atomic E-state index is 12.4. The third-order valence-electron chi connectivity index (χ3n) is 2.62. The number of carbonyl (C=O) groups excluding carboxylic acids is 1. The molecular weight excluding hydrogens is 304 g/mol. The molecule has 0 fully saturated rings. The standard InChI is InChI=1S/C12H11F6NO2/c13-11(14,15)9(12(16,17)18)10(21)19-8(6-20)7-4-2-1-3-5-7/h1-5,8-9,20H,6H2,(H,19,21)/t8-/m0/s1. The van der Waals surface area contributed by atoms with Crippen molar-refractivity contribution in [2.75, 3.05) is 6.61 Å². The van der Waals surface area contributed by atoms with E-state index in [0.717, 1.165) is 0 Å². The van der Waals surface area contributed by atoms with Crippen LogP contribution < -0.4 is 5.32 Å². The van der Waals surface area contributed by atoms with E-state index in [1.54, 1.807) is 11.4 Å². The Morgan fingerprint density at radius 1 is 1.05 bits per heavy atom. The first-order valence-electron chi connectivity index (χ1n) is 5.67. The Morgan fingerprint density at radius 3 is 1.90 bits per heavy atom. The molecule has 1 aromatic rings. The van der Waals surface area contributed by atoms with Crippen molar-refractivity contribution in [3.8, 4) is 0 Å². The smallest absolute Gasteiger partial charge is 0.394 e. The first kappa shape index (κ1) is 17.3. The van der Waals surface area contributed by atoms with Crippen LogP contribution in [0.4, 0.5) is 26.3 Å². The van der Waals surface area contributed by atoms with Gasteiger partial charge in [-0.05, 0) is 5.56 Å². The lowest BCUT2D eigenvalue weighted by atomic mass is 10.0. The van der Waals surface area contributed by atoms with E-state index in [9.17, 15) is 31.1 Å². The van der Waals surface area contributed by atoms with Gasteiger partial charge in [-0.15, -0.1) is 0 Å². The second kappa shape index (κ2) is 6.33. The highest BCUT2D eigenvalue weighted by Gasteiger charge is 2.61. The number of rotatable bonds is 4. The minimum Gasteiger partial charge on any atom is -0.394 e. The Bertz CT molecular complexity index is 457. The summed E-state index contributed by atoms with van der Waals surface area (Å²) in [6.07, 6.45) is -11.5. The van der Waals surface area contributed by atoms with E-state index >= 15 is 0 Å². The van der Waals surface area contributed by atoms with Gasteiger partial charge in [-0.1, -0.05) is 30.3 Å². The number of amides is 1. The van der Waals surface area contributed by atoms with Crippen LogP contribution in [0.3, 0.4) is 0 Å². The van der Waals surface area contributed by atoms with Crippen LogP contribution >= 0.6 is 0 Å². The van der Waals surface area contributed by atoms with Crippen molar-refractivity contribution in [3.63, 3.8) is 0 Å². The third kappa shape index (κ3) is 4.62. The van der Waals surface area contributed by atoms with Crippen molar-refractivity contribution < 1.29 is 36.2 Å². The Labute approximate surface area is 115 Å². The molecule has 3 nitrogen and oxygen atoms in total. The average molecular weight is 315 g/mol. The fourth-order valence-corrected chi connectivity index (χ4v) is 1.66. The zero-order valence-electron chi connectivity index (χ0n) is 10.4. The highest BCUT2D eigenvalue weighted by molar-refractivity contribution is 5.80. The molecular formula is C12H11F6NO2. The summed E-state index contributed by atoms with van der Waals surface area (Å²) >= 11 is 0. The average Bonchev–Trinajstić information content (AvgIpc) is 2.33. The normalized spacial score (nSPS) is 14.1. The maximum absolute atomic E-state index is 12.4. The van der Waals surface area contributed by atoms with Crippen LogP contribution in [0.15, 0.2) is 30.3 Å². The summed E-state index contributed by atoms with van der Waals surface area (Å²) < 4.78 is 74.3. The minimum atomic E-state index is -5.76. The highest BCUT2D eigenvalue weighted by Crippen LogP contribution is 2.39. The molecule has 0 bridgehead atoms.